The van der Waals surface area contributed by atoms with E-state index in [4.69, 9.17) is 83.8 Å². The summed E-state index contributed by atoms with van der Waals surface area (Å²) < 4.78 is 111. The summed E-state index contributed by atoms with van der Waals surface area (Å²) in [6, 6.07) is 0. The van der Waals surface area contributed by atoms with E-state index in [0.717, 1.165) is 0 Å². The van der Waals surface area contributed by atoms with Gasteiger partial charge in [0.25, 0.3) is 0 Å². The van der Waals surface area contributed by atoms with E-state index >= 15 is 0 Å². The first-order chi connectivity index (χ1) is 38.7. The van der Waals surface area contributed by atoms with E-state index in [2.05, 4.69) is 0 Å². The standard InChI is InChI=1S/C42H70O35.Na.H2O4S/c43-1-8-29-15(50)22(57)36(64-8)72-30-9(2-44)66-38(24(59)17(30)52)74-32-11(4-46)68-40(26(61)19(32)54)76-34-13(6-48)70-42(28(63)21(34)56)77-35-14(7-49)69-41(27(62)20(35)55)75-33-12(5-47)67-39(25(60)18(33)53)73-31-10(3-45)65-37(71-29)23(58)16(31)51;;1-5(2,3)4/h8-63H,1-7H2;;(H2,1,2,3,4)/q;+1;/t8-,9-,10-,11-,12-,13-,14-,15-,16-,17-,18-,19-,20-,21-,22-,23-,24-,25-,26-,27-,28-,29-,30-,31-,32-,33-,34-,35-,36-,37-,38-,39-,40-,41-,42-;;/m1../s1. The molecule has 21 fully saturated rings. The van der Waals surface area contributed by atoms with Crippen LogP contribution in [0.2, 0.25) is 0 Å². The zero-order valence-corrected chi connectivity index (χ0v) is 46.2. The van der Waals surface area contributed by atoms with Crippen LogP contribution >= 0.6 is 0 Å². The van der Waals surface area contributed by atoms with Crippen LogP contribution in [0, 0.1) is 0 Å². The molecule has 41 heteroatoms. The Morgan fingerprint density at radius 3 is 0.398 bits per heavy atom. The SMILES string of the molecule is O=S(=O)(O)O.OC[C@H]1O[C@@H]2O[C@H]3[C@H](O)[C@@H](O)[C@@H](O[C@H]4[C@H](O)[C@@H](O)[C@@H](O[C@H]5[C@H](O)[C@@H](O)[C@@H](O[C@H]6[C@H](O)[C@@H](O)[C@@H](O[C@H]7[C@H](O)[C@@H](O)[C@@H](O[C@H]8[C@H](O)[C@@H](O)[C@@H](O[C@H]1[C@H](O)[C@H]2O)O[C@@H]8CO)O[C@@H]7CO)O[C@@H]6CO)O[C@@H]5CO)O[C@@H]4CO)O[C@@H]3CO.[Na+]. The van der Waals surface area contributed by atoms with Gasteiger partial charge in [0.15, 0.2) is 44.0 Å². The van der Waals surface area contributed by atoms with Crippen molar-refractivity contribution in [2.24, 2.45) is 0 Å². The molecular formula is C42H72NaO39S+. The number of aliphatic hydroxyl groups excluding tert-OH is 21. The number of ether oxygens (including phenoxy) is 14. The van der Waals surface area contributed by atoms with Crippen molar-refractivity contribution in [1.82, 2.24) is 0 Å². The zero-order chi connectivity index (χ0) is 60.6. The second-order valence-corrected chi connectivity index (χ2v) is 21.0. The van der Waals surface area contributed by atoms with Gasteiger partial charge in [-0.3, -0.25) is 9.11 Å². The molecule has 35 atom stereocenters. The Morgan fingerprint density at radius 2 is 0.313 bits per heavy atom. The van der Waals surface area contributed by atoms with Crippen molar-refractivity contribution in [2.45, 2.75) is 215 Å². The third-order valence-electron chi connectivity index (χ3n) is 14.8. The van der Waals surface area contributed by atoms with Gasteiger partial charge < -0.3 is 174 Å². The van der Waals surface area contributed by atoms with Crippen molar-refractivity contribution in [3.05, 3.63) is 0 Å². The van der Waals surface area contributed by atoms with Crippen LogP contribution in [0.25, 0.3) is 0 Å². The molecule has 39 nitrogen and oxygen atoms in total. The maximum atomic E-state index is 11.3. The normalized spacial score (nSPS) is 52.1. The molecule has 23 N–H and O–H groups in total. The summed E-state index contributed by atoms with van der Waals surface area (Å²) in [6.45, 7) is -7.33. The molecule has 0 unspecified atom stereocenters. The molecular weight excluding hydrogens is 1180 g/mol. The fourth-order valence-electron chi connectivity index (χ4n) is 10.4. The van der Waals surface area contributed by atoms with Gasteiger partial charge in [-0.25, -0.2) is 0 Å². The largest absolute Gasteiger partial charge is 1.00 e. The molecule has 480 valence electrons. The summed E-state index contributed by atoms with van der Waals surface area (Å²) in [5.74, 6) is 0. The molecule has 21 saturated heterocycles. The summed E-state index contributed by atoms with van der Waals surface area (Å²) in [5.41, 5.74) is 0. The smallest absolute Gasteiger partial charge is 0.394 e. The Labute approximate surface area is 490 Å². The van der Waals surface area contributed by atoms with Gasteiger partial charge in [-0.1, -0.05) is 0 Å². The predicted octanol–water partition coefficient (Wildman–Crippen LogP) is -18.9. The number of hydrogen-bond acceptors (Lipinski definition) is 37. The van der Waals surface area contributed by atoms with Crippen molar-refractivity contribution < 1.29 is 221 Å². The van der Waals surface area contributed by atoms with Crippen molar-refractivity contribution in [3.8, 4) is 0 Å². The molecule has 21 aliphatic rings. The van der Waals surface area contributed by atoms with E-state index in [-0.39, 0.29) is 29.6 Å². The molecule has 0 aliphatic carbocycles. The molecule has 0 aromatic heterocycles. The fourth-order valence-corrected chi connectivity index (χ4v) is 10.4. The summed E-state index contributed by atoms with van der Waals surface area (Å²) in [4.78, 5) is 0. The van der Waals surface area contributed by atoms with Crippen LogP contribution in [-0.4, -0.2) is 386 Å². The second-order valence-electron chi connectivity index (χ2n) is 20.1. The molecule has 0 spiro atoms. The van der Waals surface area contributed by atoms with Crippen molar-refractivity contribution in [1.29, 1.82) is 0 Å². The Morgan fingerprint density at radius 1 is 0.217 bits per heavy atom. The van der Waals surface area contributed by atoms with Crippen molar-refractivity contribution >= 4 is 10.4 Å². The van der Waals surface area contributed by atoms with E-state index < -0.39 is 272 Å². The van der Waals surface area contributed by atoms with Crippen LogP contribution in [0.3, 0.4) is 0 Å². The van der Waals surface area contributed by atoms with Gasteiger partial charge >= 0.3 is 40.0 Å². The van der Waals surface area contributed by atoms with E-state index in [0.29, 0.717) is 0 Å². The van der Waals surface area contributed by atoms with Crippen molar-refractivity contribution in [2.75, 3.05) is 46.2 Å². The number of hydrogen-bond donors (Lipinski definition) is 23. The molecule has 0 aromatic rings. The fraction of sp³-hybridized carbons (Fsp3) is 1.00. The van der Waals surface area contributed by atoms with E-state index in [1.165, 1.54) is 0 Å². The maximum absolute atomic E-state index is 11.3. The Balaban J connectivity index is 0.00000177. The minimum atomic E-state index is -4.67. The van der Waals surface area contributed by atoms with Gasteiger partial charge in [-0.15, -0.1) is 0 Å². The molecule has 21 heterocycles. The van der Waals surface area contributed by atoms with Gasteiger partial charge in [0.05, 0.1) is 46.2 Å². The number of rotatable bonds is 7. The van der Waals surface area contributed by atoms with Crippen molar-refractivity contribution in [3.63, 3.8) is 0 Å². The molecule has 14 bridgehead atoms. The topological polar surface area (TPSA) is 629 Å². The molecule has 0 amide bonds. The van der Waals surface area contributed by atoms with Gasteiger partial charge in [-0.05, 0) is 0 Å². The van der Waals surface area contributed by atoms with Crippen LogP contribution in [0.4, 0.5) is 0 Å². The van der Waals surface area contributed by atoms with Gasteiger partial charge in [-0.2, -0.15) is 8.42 Å². The molecule has 83 heavy (non-hydrogen) atoms. The van der Waals surface area contributed by atoms with Gasteiger partial charge in [0, 0.05) is 0 Å². The minimum Gasteiger partial charge on any atom is -0.394 e. The van der Waals surface area contributed by atoms with Crippen LogP contribution in [-0.2, 0) is 76.7 Å². The van der Waals surface area contributed by atoms with Crippen LogP contribution < -0.4 is 29.6 Å². The first-order valence-corrected chi connectivity index (χ1v) is 26.7. The quantitative estimate of drug-likeness (QED) is 0.0831. The molecule has 21 rings (SSSR count). The molecule has 0 radical (unpaired) electrons. The summed E-state index contributed by atoms with van der Waals surface area (Å²) in [6.07, 6.45) is -70.2. The summed E-state index contributed by atoms with van der Waals surface area (Å²) in [7, 11) is -4.67. The Hall–Kier alpha value is -0.530. The average molecular weight is 1260 g/mol. The molecule has 21 aliphatic heterocycles. The van der Waals surface area contributed by atoms with E-state index in [9.17, 15) is 107 Å². The van der Waals surface area contributed by atoms with Crippen LogP contribution in [0.5, 0.6) is 0 Å². The first-order valence-electron chi connectivity index (χ1n) is 25.3. The van der Waals surface area contributed by atoms with E-state index in [1.54, 1.807) is 0 Å². The molecule has 0 saturated carbocycles. The first kappa shape index (κ1) is 71.5. The van der Waals surface area contributed by atoms with Gasteiger partial charge in [0.1, 0.15) is 171 Å². The molecule has 0 aromatic carbocycles. The van der Waals surface area contributed by atoms with Crippen LogP contribution in [0.1, 0.15) is 0 Å². The Kier molecular flexibility index (Phi) is 26.3. The summed E-state index contributed by atoms with van der Waals surface area (Å²) in [5, 5.41) is 230. The second kappa shape index (κ2) is 30.5. The third kappa shape index (κ3) is 15.6. The minimum absolute atomic E-state index is 0. The Bertz CT molecular complexity index is 1710. The van der Waals surface area contributed by atoms with Crippen LogP contribution in [0.15, 0.2) is 0 Å². The van der Waals surface area contributed by atoms with E-state index in [1.807, 2.05) is 0 Å². The number of aliphatic hydroxyl groups is 21. The average Bonchev–Trinajstić information content (AvgIpc) is 2.87. The third-order valence-corrected chi connectivity index (χ3v) is 14.8. The zero-order valence-electron chi connectivity index (χ0n) is 43.4. The maximum Gasteiger partial charge on any atom is 1.00 e. The predicted molar refractivity (Wildman–Crippen MR) is 243 cm³/mol. The monoisotopic (exact) mass is 1260 g/mol. The summed E-state index contributed by atoms with van der Waals surface area (Å²) >= 11 is 0. The van der Waals surface area contributed by atoms with Gasteiger partial charge in [0.2, 0.25) is 0 Å².